The van der Waals surface area contributed by atoms with Gasteiger partial charge in [0.05, 0.1) is 11.1 Å². The molecular formula is C17H12ClNO2. The van der Waals surface area contributed by atoms with Crippen molar-refractivity contribution in [3.05, 3.63) is 70.9 Å². The second-order valence-electron chi connectivity index (χ2n) is 4.71. The molecule has 0 aliphatic rings. The zero-order chi connectivity index (χ0) is 14.8. The second-order valence-corrected chi connectivity index (χ2v) is 5.10. The third-order valence-electron chi connectivity index (χ3n) is 3.14. The molecular weight excluding hydrogens is 286 g/mol. The van der Waals surface area contributed by atoms with E-state index in [1.54, 1.807) is 12.1 Å². The molecule has 0 amide bonds. The van der Waals surface area contributed by atoms with E-state index in [1.807, 2.05) is 43.3 Å². The second kappa shape index (κ2) is 5.54. The van der Waals surface area contributed by atoms with Crippen LogP contribution in [0.5, 0.6) is 5.75 Å². The fourth-order valence-corrected chi connectivity index (χ4v) is 2.28. The number of halogens is 1. The largest absolute Gasteiger partial charge is 0.423 e. The maximum atomic E-state index is 12.4. The van der Waals surface area contributed by atoms with E-state index in [9.17, 15) is 4.79 Å². The number of rotatable bonds is 2. The van der Waals surface area contributed by atoms with Crippen LogP contribution in [0.3, 0.4) is 0 Å². The highest BCUT2D eigenvalue weighted by Crippen LogP contribution is 2.22. The van der Waals surface area contributed by atoms with Crippen LogP contribution >= 0.6 is 11.6 Å². The van der Waals surface area contributed by atoms with Crippen LogP contribution in [0, 0.1) is 6.92 Å². The number of pyridine rings is 1. The zero-order valence-corrected chi connectivity index (χ0v) is 12.1. The summed E-state index contributed by atoms with van der Waals surface area (Å²) < 4.78 is 5.39. The van der Waals surface area contributed by atoms with Crippen molar-refractivity contribution in [3.8, 4) is 5.75 Å². The Kier molecular flexibility index (Phi) is 3.59. The molecule has 0 fully saturated rings. The molecule has 0 aliphatic carbocycles. The van der Waals surface area contributed by atoms with E-state index in [2.05, 4.69) is 4.98 Å². The third kappa shape index (κ3) is 2.88. The van der Waals surface area contributed by atoms with Gasteiger partial charge in [-0.3, -0.25) is 0 Å². The van der Waals surface area contributed by atoms with Crippen molar-refractivity contribution in [2.24, 2.45) is 0 Å². The molecule has 104 valence electrons. The molecule has 0 N–H and O–H groups in total. The van der Waals surface area contributed by atoms with Crippen LogP contribution in [0.25, 0.3) is 10.9 Å². The normalized spacial score (nSPS) is 10.6. The minimum absolute atomic E-state index is 0.268. The van der Waals surface area contributed by atoms with Gasteiger partial charge in [-0.1, -0.05) is 47.5 Å². The molecule has 0 saturated carbocycles. The van der Waals surface area contributed by atoms with Gasteiger partial charge in [0, 0.05) is 5.39 Å². The summed E-state index contributed by atoms with van der Waals surface area (Å²) >= 11 is 5.97. The summed E-state index contributed by atoms with van der Waals surface area (Å²) in [5.74, 6) is 0.0574. The standard InChI is InChI=1S/C17H12ClNO2/c1-11-6-8-12(9-7-11)21-17(20)14-10-16(18)19-15-5-3-2-4-13(14)15/h2-10H,1H3. The van der Waals surface area contributed by atoms with Gasteiger partial charge in [-0.2, -0.15) is 0 Å². The predicted octanol–water partition coefficient (Wildman–Crippen LogP) is 4.42. The Morgan fingerprint density at radius 3 is 2.57 bits per heavy atom. The van der Waals surface area contributed by atoms with Gasteiger partial charge in [-0.25, -0.2) is 9.78 Å². The van der Waals surface area contributed by atoms with Gasteiger partial charge < -0.3 is 4.74 Å². The molecule has 1 aromatic heterocycles. The van der Waals surface area contributed by atoms with Crippen molar-refractivity contribution < 1.29 is 9.53 Å². The van der Waals surface area contributed by atoms with E-state index in [4.69, 9.17) is 16.3 Å². The monoisotopic (exact) mass is 297 g/mol. The Labute approximate surface area is 127 Å². The van der Waals surface area contributed by atoms with Crippen LogP contribution < -0.4 is 4.74 Å². The van der Waals surface area contributed by atoms with Crippen LogP contribution in [-0.4, -0.2) is 11.0 Å². The summed E-state index contributed by atoms with van der Waals surface area (Å²) in [5, 5.41) is 0.989. The summed E-state index contributed by atoms with van der Waals surface area (Å²) in [5.41, 5.74) is 2.18. The number of carbonyl (C=O) groups excluding carboxylic acids is 1. The lowest BCUT2D eigenvalue weighted by Crippen LogP contribution is -2.09. The quantitative estimate of drug-likeness (QED) is 0.399. The number of hydrogen-bond acceptors (Lipinski definition) is 3. The SMILES string of the molecule is Cc1ccc(OC(=O)c2cc(Cl)nc3ccccc23)cc1. The maximum Gasteiger partial charge on any atom is 0.344 e. The minimum atomic E-state index is -0.445. The molecule has 0 bridgehead atoms. The number of hydrogen-bond donors (Lipinski definition) is 0. The molecule has 0 aliphatic heterocycles. The van der Waals surface area contributed by atoms with E-state index in [0.29, 0.717) is 16.8 Å². The number of nitrogens with zero attached hydrogens (tertiary/aromatic N) is 1. The van der Waals surface area contributed by atoms with Crippen LogP contribution in [-0.2, 0) is 0 Å². The molecule has 0 atom stereocenters. The van der Waals surface area contributed by atoms with Crippen LogP contribution in [0.15, 0.2) is 54.6 Å². The van der Waals surface area contributed by atoms with Crippen molar-refractivity contribution in [2.75, 3.05) is 0 Å². The molecule has 3 aromatic rings. The van der Waals surface area contributed by atoms with Crippen LogP contribution in [0.4, 0.5) is 0 Å². The highest BCUT2D eigenvalue weighted by Gasteiger charge is 2.14. The molecule has 4 heteroatoms. The van der Waals surface area contributed by atoms with E-state index in [1.165, 1.54) is 6.07 Å². The van der Waals surface area contributed by atoms with Gasteiger partial charge >= 0.3 is 5.97 Å². The number of para-hydroxylation sites is 1. The smallest absolute Gasteiger partial charge is 0.344 e. The number of aryl methyl sites for hydroxylation is 1. The van der Waals surface area contributed by atoms with E-state index < -0.39 is 5.97 Å². The summed E-state index contributed by atoms with van der Waals surface area (Å²) in [7, 11) is 0. The fraction of sp³-hybridized carbons (Fsp3) is 0.0588. The molecule has 2 aromatic carbocycles. The lowest BCUT2D eigenvalue weighted by atomic mass is 10.1. The lowest BCUT2D eigenvalue weighted by Gasteiger charge is -2.07. The number of fused-ring (bicyclic) bond motifs is 1. The first kappa shape index (κ1) is 13.6. The fourth-order valence-electron chi connectivity index (χ4n) is 2.08. The molecule has 0 saturated heterocycles. The molecule has 1 heterocycles. The number of benzene rings is 2. The summed E-state index contributed by atoms with van der Waals surface area (Å²) in [6, 6.07) is 16.2. The first-order valence-electron chi connectivity index (χ1n) is 6.47. The number of carbonyl (C=O) groups is 1. The highest BCUT2D eigenvalue weighted by atomic mass is 35.5. The minimum Gasteiger partial charge on any atom is -0.423 e. The first-order valence-corrected chi connectivity index (χ1v) is 6.85. The number of ether oxygens (including phenoxy) is 1. The number of aromatic nitrogens is 1. The summed E-state index contributed by atoms with van der Waals surface area (Å²) in [6.45, 7) is 1.97. The predicted molar refractivity (Wildman–Crippen MR) is 82.9 cm³/mol. The van der Waals surface area contributed by atoms with Gasteiger partial charge in [-0.15, -0.1) is 0 Å². The summed E-state index contributed by atoms with van der Waals surface area (Å²) in [4.78, 5) is 16.6. The van der Waals surface area contributed by atoms with Gasteiger partial charge in [0.25, 0.3) is 0 Å². The molecule has 3 rings (SSSR count). The molecule has 3 nitrogen and oxygen atoms in total. The van der Waals surface area contributed by atoms with Crippen molar-refractivity contribution >= 4 is 28.5 Å². The van der Waals surface area contributed by atoms with Crippen molar-refractivity contribution in [1.82, 2.24) is 4.98 Å². The Balaban J connectivity index is 1.99. The maximum absolute atomic E-state index is 12.4. The molecule has 0 unspecified atom stereocenters. The Hall–Kier alpha value is -2.39. The molecule has 21 heavy (non-hydrogen) atoms. The van der Waals surface area contributed by atoms with Crippen LogP contribution in [0.2, 0.25) is 5.15 Å². The Morgan fingerprint density at radius 1 is 1.10 bits per heavy atom. The zero-order valence-electron chi connectivity index (χ0n) is 11.3. The van der Waals surface area contributed by atoms with Gasteiger partial charge in [0.2, 0.25) is 0 Å². The summed E-state index contributed by atoms with van der Waals surface area (Å²) in [6.07, 6.45) is 0. The Morgan fingerprint density at radius 2 is 1.81 bits per heavy atom. The lowest BCUT2D eigenvalue weighted by molar-refractivity contribution is 0.0736. The molecule has 0 spiro atoms. The average Bonchev–Trinajstić information content (AvgIpc) is 2.48. The van der Waals surface area contributed by atoms with Gasteiger partial charge in [0.15, 0.2) is 0 Å². The topological polar surface area (TPSA) is 39.2 Å². The van der Waals surface area contributed by atoms with Crippen molar-refractivity contribution in [2.45, 2.75) is 6.92 Å². The van der Waals surface area contributed by atoms with Gasteiger partial charge in [0.1, 0.15) is 10.9 Å². The van der Waals surface area contributed by atoms with E-state index in [-0.39, 0.29) is 5.15 Å². The number of esters is 1. The third-order valence-corrected chi connectivity index (χ3v) is 3.33. The van der Waals surface area contributed by atoms with Crippen molar-refractivity contribution in [3.63, 3.8) is 0 Å². The van der Waals surface area contributed by atoms with Crippen LogP contribution in [0.1, 0.15) is 15.9 Å². The van der Waals surface area contributed by atoms with E-state index in [0.717, 1.165) is 10.9 Å². The highest BCUT2D eigenvalue weighted by molar-refractivity contribution is 6.30. The first-order chi connectivity index (χ1) is 10.1. The van der Waals surface area contributed by atoms with Gasteiger partial charge in [-0.05, 0) is 31.2 Å². The average molecular weight is 298 g/mol. The molecule has 0 radical (unpaired) electrons. The van der Waals surface area contributed by atoms with E-state index >= 15 is 0 Å². The van der Waals surface area contributed by atoms with Crippen molar-refractivity contribution in [1.29, 1.82) is 0 Å². The Bertz CT molecular complexity index is 813.